The molecule has 0 bridgehead atoms. The summed E-state index contributed by atoms with van der Waals surface area (Å²) in [4.78, 5) is 26.8. The molecule has 2 fully saturated rings. The monoisotopic (exact) mass is 334 g/mol. The van der Waals surface area contributed by atoms with Crippen molar-refractivity contribution >= 4 is 11.9 Å². The van der Waals surface area contributed by atoms with Crippen LogP contribution in [-0.2, 0) is 15.1 Å². The molecule has 2 unspecified atom stereocenters. The lowest BCUT2D eigenvalue weighted by atomic mass is 9.84. The predicted octanol–water partition coefficient (Wildman–Crippen LogP) is 2.94. The third-order valence-electron chi connectivity index (χ3n) is 4.83. The van der Waals surface area contributed by atoms with Crippen molar-refractivity contribution in [3.8, 4) is 0 Å². The van der Waals surface area contributed by atoms with Crippen LogP contribution in [0.5, 0.6) is 0 Å². The minimum Gasteiger partial charge on any atom is -0.376 e. The van der Waals surface area contributed by atoms with Crippen LogP contribution in [0.2, 0.25) is 0 Å². The summed E-state index contributed by atoms with van der Waals surface area (Å²) in [5, 5.41) is 2.87. The van der Waals surface area contributed by atoms with Crippen molar-refractivity contribution < 1.29 is 18.7 Å². The van der Waals surface area contributed by atoms with Crippen LogP contribution in [0, 0.1) is 5.82 Å². The number of nitrogens with zero attached hydrogens (tertiary/aromatic N) is 1. The Bertz CT molecular complexity index is 613. The molecule has 1 aromatic carbocycles. The van der Waals surface area contributed by atoms with Gasteiger partial charge in [0.25, 0.3) is 5.91 Å². The molecule has 0 aliphatic carbocycles. The molecule has 3 rings (SSSR count). The number of imide groups is 1. The van der Waals surface area contributed by atoms with Crippen LogP contribution in [0.15, 0.2) is 24.3 Å². The van der Waals surface area contributed by atoms with Gasteiger partial charge in [-0.2, -0.15) is 0 Å². The number of halogens is 1. The van der Waals surface area contributed by atoms with Gasteiger partial charge in [-0.3, -0.25) is 9.69 Å². The first kappa shape index (κ1) is 16.9. The molecule has 130 valence electrons. The van der Waals surface area contributed by atoms with E-state index in [1.54, 1.807) is 12.1 Å². The van der Waals surface area contributed by atoms with Crippen LogP contribution in [0.4, 0.5) is 9.18 Å². The van der Waals surface area contributed by atoms with Gasteiger partial charge in [0.15, 0.2) is 0 Å². The quantitative estimate of drug-likeness (QED) is 0.814. The third-order valence-corrected chi connectivity index (χ3v) is 4.83. The molecule has 1 N–H and O–H groups in total. The van der Waals surface area contributed by atoms with E-state index < -0.39 is 11.6 Å². The Kier molecular flexibility index (Phi) is 4.85. The number of rotatable bonds is 6. The summed E-state index contributed by atoms with van der Waals surface area (Å²) in [5.74, 6) is -0.625. The number of carbonyl (C=O) groups excluding carboxylic acids is 2. The molecule has 2 heterocycles. The Hall–Kier alpha value is -1.95. The molecule has 2 atom stereocenters. The fourth-order valence-electron chi connectivity index (χ4n) is 3.47. The van der Waals surface area contributed by atoms with Crippen molar-refractivity contribution in [2.75, 3.05) is 13.2 Å². The van der Waals surface area contributed by atoms with Gasteiger partial charge < -0.3 is 10.1 Å². The van der Waals surface area contributed by atoms with Gasteiger partial charge in [-0.25, -0.2) is 9.18 Å². The van der Waals surface area contributed by atoms with Gasteiger partial charge in [0, 0.05) is 6.61 Å². The van der Waals surface area contributed by atoms with Crippen molar-refractivity contribution in [2.45, 2.75) is 50.7 Å². The van der Waals surface area contributed by atoms with E-state index in [0.717, 1.165) is 25.7 Å². The zero-order valence-corrected chi connectivity index (χ0v) is 13.9. The summed E-state index contributed by atoms with van der Waals surface area (Å²) in [5.41, 5.74) is -0.468. The largest absolute Gasteiger partial charge is 0.376 e. The van der Waals surface area contributed by atoms with Gasteiger partial charge in [0.2, 0.25) is 0 Å². The smallest absolute Gasteiger partial charge is 0.325 e. The van der Waals surface area contributed by atoms with Gasteiger partial charge >= 0.3 is 6.03 Å². The molecule has 24 heavy (non-hydrogen) atoms. The summed E-state index contributed by atoms with van der Waals surface area (Å²) < 4.78 is 18.8. The van der Waals surface area contributed by atoms with Crippen LogP contribution in [0.25, 0.3) is 0 Å². The predicted molar refractivity (Wildman–Crippen MR) is 86.8 cm³/mol. The number of nitrogens with one attached hydrogen (secondary N) is 1. The molecule has 2 saturated heterocycles. The van der Waals surface area contributed by atoms with Crippen LogP contribution in [0.1, 0.15) is 44.6 Å². The second-order valence-corrected chi connectivity index (χ2v) is 6.50. The standard InChI is InChI=1S/C18H23FN2O3/c1-2-3-10-18(13-6-8-14(19)9-7-13)16(22)21(17(23)20-18)12-15-5-4-11-24-15/h6-9,15H,2-5,10-12H2,1H3,(H,20,23). The Morgan fingerprint density at radius 3 is 2.71 bits per heavy atom. The van der Waals surface area contributed by atoms with Crippen molar-refractivity contribution in [2.24, 2.45) is 0 Å². The molecule has 0 spiro atoms. The maximum atomic E-state index is 13.3. The molecular formula is C18H23FN2O3. The molecular weight excluding hydrogens is 311 g/mol. The van der Waals surface area contributed by atoms with E-state index >= 15 is 0 Å². The van der Waals surface area contributed by atoms with Crippen LogP contribution in [-0.4, -0.2) is 36.1 Å². The zero-order valence-electron chi connectivity index (χ0n) is 13.9. The number of hydrogen-bond acceptors (Lipinski definition) is 3. The lowest BCUT2D eigenvalue weighted by molar-refractivity contribution is -0.133. The fraction of sp³-hybridized carbons (Fsp3) is 0.556. The maximum absolute atomic E-state index is 13.3. The molecule has 3 amide bonds. The van der Waals surface area contributed by atoms with Gasteiger partial charge in [-0.15, -0.1) is 0 Å². The van der Waals surface area contributed by atoms with E-state index in [1.807, 2.05) is 6.92 Å². The zero-order chi connectivity index (χ0) is 17.2. The molecule has 6 heteroatoms. The van der Waals surface area contributed by atoms with Crippen molar-refractivity contribution in [1.29, 1.82) is 0 Å². The molecule has 0 radical (unpaired) electrons. The molecule has 5 nitrogen and oxygen atoms in total. The van der Waals surface area contributed by atoms with Gasteiger partial charge in [-0.05, 0) is 37.0 Å². The molecule has 0 aromatic heterocycles. The first-order valence-corrected chi connectivity index (χ1v) is 8.58. The van der Waals surface area contributed by atoms with Crippen LogP contribution < -0.4 is 5.32 Å². The van der Waals surface area contributed by atoms with Crippen molar-refractivity contribution in [3.63, 3.8) is 0 Å². The van der Waals surface area contributed by atoms with E-state index in [4.69, 9.17) is 4.74 Å². The third kappa shape index (κ3) is 3.02. The number of carbonyl (C=O) groups is 2. The van der Waals surface area contributed by atoms with Crippen LogP contribution >= 0.6 is 0 Å². The highest BCUT2D eigenvalue weighted by molar-refractivity contribution is 6.07. The first-order valence-electron chi connectivity index (χ1n) is 8.58. The highest BCUT2D eigenvalue weighted by atomic mass is 19.1. The number of hydrogen-bond donors (Lipinski definition) is 1. The number of amides is 3. The maximum Gasteiger partial charge on any atom is 0.325 e. The normalized spacial score (nSPS) is 26.9. The lowest BCUT2D eigenvalue weighted by Crippen LogP contribution is -2.44. The summed E-state index contributed by atoms with van der Waals surface area (Å²) in [6.07, 6.45) is 3.91. The minimum atomic E-state index is -1.10. The summed E-state index contributed by atoms with van der Waals surface area (Å²) >= 11 is 0. The average Bonchev–Trinajstić information content (AvgIpc) is 3.17. The summed E-state index contributed by atoms with van der Waals surface area (Å²) in [6.45, 7) is 2.98. The Balaban J connectivity index is 1.89. The Morgan fingerprint density at radius 1 is 1.33 bits per heavy atom. The average molecular weight is 334 g/mol. The topological polar surface area (TPSA) is 58.6 Å². The van der Waals surface area contributed by atoms with E-state index in [1.165, 1.54) is 17.0 Å². The Labute approximate surface area is 141 Å². The highest BCUT2D eigenvalue weighted by Gasteiger charge is 2.52. The molecule has 1 aromatic rings. The number of unbranched alkanes of at least 4 members (excludes halogenated alkanes) is 1. The number of benzene rings is 1. The second-order valence-electron chi connectivity index (χ2n) is 6.50. The minimum absolute atomic E-state index is 0.0881. The van der Waals surface area contributed by atoms with E-state index in [9.17, 15) is 14.0 Å². The summed E-state index contributed by atoms with van der Waals surface area (Å²) in [6, 6.07) is 5.42. The van der Waals surface area contributed by atoms with E-state index in [2.05, 4.69) is 5.32 Å². The SMILES string of the molecule is CCCCC1(c2ccc(F)cc2)NC(=O)N(CC2CCCO2)C1=O. The van der Waals surface area contributed by atoms with Crippen LogP contribution in [0.3, 0.4) is 0 Å². The molecule has 2 aliphatic rings. The Morgan fingerprint density at radius 2 is 2.08 bits per heavy atom. The fourth-order valence-corrected chi connectivity index (χ4v) is 3.47. The highest BCUT2D eigenvalue weighted by Crippen LogP contribution is 2.35. The second kappa shape index (κ2) is 6.89. The van der Waals surface area contributed by atoms with E-state index in [-0.39, 0.29) is 24.4 Å². The number of urea groups is 1. The van der Waals surface area contributed by atoms with Gasteiger partial charge in [-0.1, -0.05) is 31.9 Å². The summed E-state index contributed by atoms with van der Waals surface area (Å²) in [7, 11) is 0. The van der Waals surface area contributed by atoms with E-state index in [0.29, 0.717) is 18.6 Å². The number of ether oxygens (including phenoxy) is 1. The molecule has 2 aliphatic heterocycles. The first-order chi connectivity index (χ1) is 11.6. The van der Waals surface area contributed by atoms with Crippen molar-refractivity contribution in [1.82, 2.24) is 10.2 Å². The molecule has 0 saturated carbocycles. The van der Waals surface area contributed by atoms with Gasteiger partial charge in [0.1, 0.15) is 11.4 Å². The van der Waals surface area contributed by atoms with Gasteiger partial charge in [0.05, 0.1) is 12.6 Å². The lowest BCUT2D eigenvalue weighted by Gasteiger charge is -2.27. The van der Waals surface area contributed by atoms with Crippen molar-refractivity contribution in [3.05, 3.63) is 35.6 Å².